The average molecular weight is 231 g/mol. The Labute approximate surface area is 102 Å². The van der Waals surface area contributed by atoms with Crippen LogP contribution < -0.4 is 0 Å². The maximum atomic E-state index is 11.8. The topological polar surface area (TPSA) is 40.5 Å². The summed E-state index contributed by atoms with van der Waals surface area (Å²) in [6, 6.07) is 9.40. The number of amides is 1. The molecule has 3 heteroatoms. The number of aliphatic hydroxyl groups excluding tert-OH is 1. The van der Waals surface area contributed by atoms with E-state index in [0.29, 0.717) is 6.54 Å². The zero-order valence-corrected chi connectivity index (χ0v) is 10.2. The summed E-state index contributed by atoms with van der Waals surface area (Å²) in [6.07, 6.45) is 0. The van der Waals surface area contributed by atoms with Gasteiger partial charge in [-0.2, -0.15) is 0 Å². The summed E-state index contributed by atoms with van der Waals surface area (Å²) in [5.41, 5.74) is 0.813. The minimum atomic E-state index is -0.252. The summed E-state index contributed by atoms with van der Waals surface area (Å²) in [5, 5.41) is 8.88. The van der Waals surface area contributed by atoms with E-state index in [4.69, 9.17) is 5.11 Å². The molecule has 17 heavy (non-hydrogen) atoms. The van der Waals surface area contributed by atoms with Crippen molar-refractivity contribution in [3.8, 4) is 11.8 Å². The molecule has 0 saturated carbocycles. The predicted molar refractivity (Wildman–Crippen MR) is 67.3 cm³/mol. The van der Waals surface area contributed by atoms with Crippen molar-refractivity contribution in [2.75, 3.05) is 13.2 Å². The molecule has 1 rings (SSSR count). The highest BCUT2D eigenvalue weighted by molar-refractivity contribution is 5.94. The van der Waals surface area contributed by atoms with Crippen molar-refractivity contribution in [1.29, 1.82) is 0 Å². The molecule has 0 atom stereocenters. The van der Waals surface area contributed by atoms with Gasteiger partial charge in [0.25, 0.3) is 5.91 Å². The number of nitrogens with zero attached hydrogens (tertiary/aromatic N) is 1. The van der Waals surface area contributed by atoms with Gasteiger partial charge in [-0.1, -0.05) is 24.1 Å². The van der Waals surface area contributed by atoms with Crippen LogP contribution in [0.1, 0.15) is 19.4 Å². The third kappa shape index (κ3) is 4.29. The molecular weight excluding hydrogens is 214 g/mol. The smallest absolute Gasteiger partial charge is 0.299 e. The Morgan fingerprint density at radius 1 is 1.35 bits per heavy atom. The van der Waals surface area contributed by atoms with E-state index in [-0.39, 0.29) is 18.6 Å². The normalized spacial score (nSPS) is 9.65. The molecule has 0 fully saturated rings. The van der Waals surface area contributed by atoms with Crippen molar-refractivity contribution in [3.63, 3.8) is 0 Å². The van der Waals surface area contributed by atoms with Crippen molar-refractivity contribution >= 4 is 5.91 Å². The minimum absolute atomic E-state index is 0.0414. The molecule has 0 saturated heterocycles. The van der Waals surface area contributed by atoms with E-state index in [1.165, 1.54) is 0 Å². The van der Waals surface area contributed by atoms with Crippen molar-refractivity contribution in [1.82, 2.24) is 4.90 Å². The fraction of sp³-hybridized carbons (Fsp3) is 0.357. The van der Waals surface area contributed by atoms with Gasteiger partial charge in [0, 0.05) is 24.1 Å². The van der Waals surface area contributed by atoms with E-state index in [1.807, 2.05) is 44.2 Å². The van der Waals surface area contributed by atoms with Crippen LogP contribution in [-0.4, -0.2) is 35.1 Å². The van der Waals surface area contributed by atoms with Gasteiger partial charge in [0.05, 0.1) is 6.61 Å². The second-order valence-electron chi connectivity index (χ2n) is 3.93. The van der Waals surface area contributed by atoms with Crippen LogP contribution in [0.25, 0.3) is 0 Å². The van der Waals surface area contributed by atoms with Gasteiger partial charge in [0.15, 0.2) is 0 Å². The first-order chi connectivity index (χ1) is 8.15. The maximum Gasteiger partial charge on any atom is 0.299 e. The predicted octanol–water partition coefficient (Wildman–Crippen LogP) is 1.27. The van der Waals surface area contributed by atoms with Crippen LogP contribution >= 0.6 is 0 Å². The Morgan fingerprint density at radius 3 is 2.53 bits per heavy atom. The number of benzene rings is 1. The Bertz CT molecular complexity index is 415. The van der Waals surface area contributed by atoms with Crippen molar-refractivity contribution in [2.45, 2.75) is 19.9 Å². The number of hydrogen-bond acceptors (Lipinski definition) is 2. The molecule has 0 aliphatic carbocycles. The largest absolute Gasteiger partial charge is 0.395 e. The molecule has 90 valence electrons. The standard InChI is InChI=1S/C14H17NO2/c1-12(2)15(10-11-16)14(17)9-8-13-6-4-3-5-7-13/h3-7,12,16H,10-11H2,1-2H3. The lowest BCUT2D eigenvalue weighted by molar-refractivity contribution is -0.127. The Hall–Kier alpha value is -1.79. The first kappa shape index (κ1) is 13.3. The van der Waals surface area contributed by atoms with E-state index < -0.39 is 0 Å². The molecule has 1 N–H and O–H groups in total. The first-order valence-electron chi connectivity index (χ1n) is 5.63. The van der Waals surface area contributed by atoms with Crippen LogP contribution in [0.2, 0.25) is 0 Å². The molecule has 1 aromatic carbocycles. The molecule has 0 aliphatic rings. The quantitative estimate of drug-likeness (QED) is 0.796. The van der Waals surface area contributed by atoms with Crippen LogP contribution in [0.4, 0.5) is 0 Å². The molecule has 0 aromatic heterocycles. The molecular formula is C14H17NO2. The second-order valence-corrected chi connectivity index (χ2v) is 3.93. The van der Waals surface area contributed by atoms with Gasteiger partial charge >= 0.3 is 0 Å². The summed E-state index contributed by atoms with van der Waals surface area (Å²) in [5.74, 6) is 5.15. The zero-order chi connectivity index (χ0) is 12.7. The summed E-state index contributed by atoms with van der Waals surface area (Å²) in [4.78, 5) is 13.3. The Morgan fingerprint density at radius 2 is 2.00 bits per heavy atom. The van der Waals surface area contributed by atoms with Gasteiger partial charge in [0.1, 0.15) is 0 Å². The fourth-order valence-electron chi connectivity index (χ4n) is 1.42. The monoisotopic (exact) mass is 231 g/mol. The molecule has 0 heterocycles. The van der Waals surface area contributed by atoms with Crippen LogP contribution in [0.3, 0.4) is 0 Å². The molecule has 1 amide bonds. The highest BCUT2D eigenvalue weighted by Crippen LogP contribution is 1.99. The van der Waals surface area contributed by atoms with Gasteiger partial charge in [-0.05, 0) is 26.0 Å². The third-order valence-corrected chi connectivity index (χ3v) is 2.31. The highest BCUT2D eigenvalue weighted by Gasteiger charge is 2.13. The number of hydrogen-bond donors (Lipinski definition) is 1. The van der Waals surface area contributed by atoms with Crippen molar-refractivity contribution < 1.29 is 9.90 Å². The van der Waals surface area contributed by atoms with E-state index >= 15 is 0 Å². The average Bonchev–Trinajstić information content (AvgIpc) is 2.34. The van der Waals surface area contributed by atoms with E-state index in [0.717, 1.165) is 5.56 Å². The van der Waals surface area contributed by atoms with Gasteiger partial charge in [-0.25, -0.2) is 0 Å². The van der Waals surface area contributed by atoms with Crippen LogP contribution in [-0.2, 0) is 4.79 Å². The maximum absolute atomic E-state index is 11.8. The van der Waals surface area contributed by atoms with Crippen LogP contribution in [0.15, 0.2) is 30.3 Å². The second kappa shape index (κ2) is 6.72. The molecule has 0 unspecified atom stereocenters. The summed E-state index contributed by atoms with van der Waals surface area (Å²) >= 11 is 0. The number of carbonyl (C=O) groups is 1. The van der Waals surface area contributed by atoms with Crippen LogP contribution in [0.5, 0.6) is 0 Å². The summed E-state index contributed by atoms with van der Waals surface area (Å²) in [7, 11) is 0. The lowest BCUT2D eigenvalue weighted by Crippen LogP contribution is -2.38. The van der Waals surface area contributed by atoms with E-state index in [9.17, 15) is 4.79 Å². The summed E-state index contributed by atoms with van der Waals surface area (Å²) < 4.78 is 0. The van der Waals surface area contributed by atoms with Gasteiger partial charge in [-0.15, -0.1) is 0 Å². The highest BCUT2D eigenvalue weighted by atomic mass is 16.3. The van der Waals surface area contributed by atoms with E-state index in [1.54, 1.807) is 4.90 Å². The van der Waals surface area contributed by atoms with Crippen molar-refractivity contribution in [3.05, 3.63) is 35.9 Å². The first-order valence-corrected chi connectivity index (χ1v) is 5.63. The Balaban J connectivity index is 2.74. The Kier molecular flexibility index (Phi) is 5.25. The zero-order valence-electron chi connectivity index (χ0n) is 10.2. The van der Waals surface area contributed by atoms with Crippen molar-refractivity contribution in [2.24, 2.45) is 0 Å². The molecule has 0 radical (unpaired) electrons. The molecule has 0 aliphatic heterocycles. The third-order valence-electron chi connectivity index (χ3n) is 2.31. The summed E-state index contributed by atoms with van der Waals surface area (Å²) in [6.45, 7) is 4.08. The van der Waals surface area contributed by atoms with Gasteiger partial charge in [-0.3, -0.25) is 4.79 Å². The number of aliphatic hydroxyl groups is 1. The minimum Gasteiger partial charge on any atom is -0.395 e. The lowest BCUT2D eigenvalue weighted by Gasteiger charge is -2.23. The number of carbonyl (C=O) groups excluding carboxylic acids is 1. The molecule has 3 nitrogen and oxygen atoms in total. The van der Waals surface area contributed by atoms with E-state index in [2.05, 4.69) is 11.8 Å². The molecule has 1 aromatic rings. The molecule has 0 spiro atoms. The van der Waals surface area contributed by atoms with Gasteiger partial charge < -0.3 is 10.0 Å². The van der Waals surface area contributed by atoms with Gasteiger partial charge in [0.2, 0.25) is 0 Å². The number of rotatable bonds is 3. The van der Waals surface area contributed by atoms with Crippen LogP contribution in [0, 0.1) is 11.8 Å². The fourth-order valence-corrected chi connectivity index (χ4v) is 1.42. The SMILES string of the molecule is CC(C)N(CCO)C(=O)C#Cc1ccccc1. The lowest BCUT2D eigenvalue weighted by atomic mass is 10.2. The molecule has 0 bridgehead atoms.